The van der Waals surface area contributed by atoms with Crippen molar-refractivity contribution >= 4 is 0 Å². The molecule has 1 heterocycles. The van der Waals surface area contributed by atoms with Gasteiger partial charge in [-0.15, -0.1) is 0 Å². The first-order valence-electron chi connectivity index (χ1n) is 11.2. The van der Waals surface area contributed by atoms with Crippen LogP contribution in [0.25, 0.3) is 0 Å². The van der Waals surface area contributed by atoms with Gasteiger partial charge in [-0.1, -0.05) is 142 Å². The summed E-state index contributed by atoms with van der Waals surface area (Å²) >= 11 is 0. The summed E-state index contributed by atoms with van der Waals surface area (Å²) in [6.07, 6.45) is 0. The van der Waals surface area contributed by atoms with Crippen LogP contribution in [0.4, 0.5) is 0 Å². The van der Waals surface area contributed by atoms with Crippen LogP contribution < -0.4 is 0 Å². The summed E-state index contributed by atoms with van der Waals surface area (Å²) in [6.45, 7) is 22.3. The molecule has 0 unspecified atom stereocenters. The van der Waals surface area contributed by atoms with Crippen LogP contribution in [-0.4, -0.2) is 37.2 Å². The van der Waals surface area contributed by atoms with E-state index in [0.29, 0.717) is 0 Å². The van der Waals surface area contributed by atoms with E-state index in [1.807, 2.05) is 142 Å². The lowest BCUT2D eigenvalue weighted by Gasteiger charge is -2.36. The zero-order valence-corrected chi connectivity index (χ0v) is 21.2. The average molecular weight is 393 g/mol. The fourth-order valence-corrected chi connectivity index (χ4v) is 1.55. The van der Waals surface area contributed by atoms with Gasteiger partial charge in [0, 0.05) is 0 Å². The normalized spacial score (nSPS) is 10.3. The van der Waals surface area contributed by atoms with Gasteiger partial charge in [-0.2, -0.15) is 0 Å². The summed E-state index contributed by atoms with van der Waals surface area (Å²) in [5.41, 5.74) is 0. The molecule has 1 saturated heterocycles. The minimum absolute atomic E-state index is 1.14. The first-order valence-corrected chi connectivity index (χ1v) is 11.2. The third-order valence-corrected chi connectivity index (χ3v) is 2.30. The van der Waals surface area contributed by atoms with Gasteiger partial charge >= 0.3 is 0 Å². The number of nitrogens with zero attached hydrogens (tertiary/aromatic N) is 2. The molecule has 0 radical (unpaired) electrons. The van der Waals surface area contributed by atoms with E-state index in [1.54, 1.807) is 0 Å². The van der Waals surface area contributed by atoms with Crippen molar-refractivity contribution in [3.05, 3.63) is 72.8 Å². The van der Waals surface area contributed by atoms with Crippen LogP contribution in [0.15, 0.2) is 72.8 Å². The van der Waals surface area contributed by atoms with Gasteiger partial charge in [-0.25, -0.2) is 0 Å². The highest BCUT2D eigenvalue weighted by molar-refractivity contribution is 4.99. The van der Waals surface area contributed by atoms with Crippen molar-refractivity contribution in [2.75, 3.05) is 27.4 Å². The molecular weight excluding hydrogens is 340 g/mol. The molecule has 166 valence electrons. The molecule has 28 heavy (non-hydrogen) atoms. The van der Waals surface area contributed by atoms with Gasteiger partial charge in [0.15, 0.2) is 0 Å². The van der Waals surface area contributed by atoms with Gasteiger partial charge in [0.1, 0.15) is 0 Å². The maximum Gasteiger partial charge on any atom is 0.0523 e. The summed E-state index contributed by atoms with van der Waals surface area (Å²) in [5, 5.41) is 0. The lowest BCUT2D eigenvalue weighted by molar-refractivity contribution is 0.0149. The van der Waals surface area contributed by atoms with E-state index in [2.05, 4.69) is 23.9 Å². The van der Waals surface area contributed by atoms with Crippen molar-refractivity contribution in [2.24, 2.45) is 0 Å². The number of benzene rings is 2. The Balaban J connectivity index is -0.0000000775. The Morgan fingerprint density at radius 2 is 0.429 bits per heavy atom. The van der Waals surface area contributed by atoms with Crippen LogP contribution in [-0.2, 0) is 0 Å². The van der Waals surface area contributed by atoms with E-state index in [0.717, 1.165) is 13.3 Å². The molecule has 1 aliphatic heterocycles. The summed E-state index contributed by atoms with van der Waals surface area (Å²) in [7, 11) is 4.22. The molecule has 1 aliphatic rings. The Morgan fingerprint density at radius 3 is 0.464 bits per heavy atom. The molecule has 2 aromatic rings. The highest BCUT2D eigenvalue weighted by Crippen LogP contribution is 1.98. The highest BCUT2D eigenvalue weighted by atomic mass is 15.5. The maximum atomic E-state index is 2.25. The number of hydrogen-bond donors (Lipinski definition) is 0. The Hall–Kier alpha value is -1.64. The van der Waals surface area contributed by atoms with Gasteiger partial charge in [0.05, 0.1) is 13.3 Å². The molecule has 0 N–H and O–H groups in total. The van der Waals surface area contributed by atoms with E-state index in [4.69, 9.17) is 0 Å². The molecule has 0 atom stereocenters. The second-order valence-electron chi connectivity index (χ2n) is 4.30. The molecule has 0 bridgehead atoms. The van der Waals surface area contributed by atoms with Crippen LogP contribution in [0.5, 0.6) is 0 Å². The van der Waals surface area contributed by atoms with Gasteiger partial charge in [-0.05, 0) is 14.1 Å². The summed E-state index contributed by atoms with van der Waals surface area (Å²) in [5.74, 6) is 0. The lowest BCUT2D eigenvalue weighted by Crippen LogP contribution is -2.50. The SMILES string of the molecule is CC.CC.CC.CC.CC.CN1CN(C)C1.c1ccccc1.c1ccccc1. The maximum absolute atomic E-state index is 2.25. The van der Waals surface area contributed by atoms with Gasteiger partial charge in [-0.3, -0.25) is 9.80 Å². The van der Waals surface area contributed by atoms with Crippen LogP contribution in [0.1, 0.15) is 69.2 Å². The molecule has 2 aromatic carbocycles. The quantitative estimate of drug-likeness (QED) is 0.445. The smallest absolute Gasteiger partial charge is 0.0523 e. The Bertz CT molecular complexity index is 279. The molecule has 0 aromatic heterocycles. The standard InChI is InChI=1S/2C6H6.C4H10N2.5C2H6/c2*1-2-4-6-5-3-1;1-5-3-6(2)4-5;5*1-2/h2*1-6H;3-4H2,1-2H3;5*1-2H3. The first-order chi connectivity index (χ1) is 13.8. The van der Waals surface area contributed by atoms with Crippen LogP contribution >= 0.6 is 0 Å². The third-order valence-electron chi connectivity index (χ3n) is 2.30. The average Bonchev–Trinajstić information content (AvgIpc) is 2.83. The van der Waals surface area contributed by atoms with Crippen molar-refractivity contribution in [1.29, 1.82) is 0 Å². The van der Waals surface area contributed by atoms with E-state index in [-0.39, 0.29) is 0 Å². The van der Waals surface area contributed by atoms with Crippen molar-refractivity contribution in [3.8, 4) is 0 Å². The molecule has 2 nitrogen and oxygen atoms in total. The largest absolute Gasteiger partial charge is 0.280 e. The van der Waals surface area contributed by atoms with Crippen molar-refractivity contribution in [1.82, 2.24) is 9.80 Å². The Labute approximate surface area is 179 Å². The third kappa shape index (κ3) is 39.4. The van der Waals surface area contributed by atoms with E-state index in [9.17, 15) is 0 Å². The fourth-order valence-electron chi connectivity index (χ4n) is 1.55. The van der Waals surface area contributed by atoms with Crippen molar-refractivity contribution in [2.45, 2.75) is 69.2 Å². The molecule has 2 heteroatoms. The zero-order chi connectivity index (χ0) is 23.1. The minimum Gasteiger partial charge on any atom is -0.280 e. The fraction of sp³-hybridized carbons (Fsp3) is 0.538. The molecule has 1 fully saturated rings. The second kappa shape index (κ2) is 44.6. The topological polar surface area (TPSA) is 6.48 Å². The first kappa shape index (κ1) is 37.2. The highest BCUT2D eigenvalue weighted by Gasteiger charge is 2.12. The molecule has 0 aliphatic carbocycles. The summed E-state index contributed by atoms with van der Waals surface area (Å²) in [6, 6.07) is 24.0. The molecule has 0 spiro atoms. The minimum atomic E-state index is 1.14. The number of hydrogen-bond acceptors (Lipinski definition) is 2. The van der Waals surface area contributed by atoms with Gasteiger partial charge in [0.25, 0.3) is 0 Å². The van der Waals surface area contributed by atoms with Gasteiger partial charge in [0.2, 0.25) is 0 Å². The Morgan fingerprint density at radius 1 is 0.321 bits per heavy atom. The molecule has 0 amide bonds. The molecule has 3 rings (SSSR count). The van der Waals surface area contributed by atoms with Crippen LogP contribution in [0, 0.1) is 0 Å². The number of rotatable bonds is 0. The summed E-state index contributed by atoms with van der Waals surface area (Å²) < 4.78 is 0. The van der Waals surface area contributed by atoms with E-state index in [1.165, 1.54) is 0 Å². The van der Waals surface area contributed by atoms with E-state index >= 15 is 0 Å². The van der Waals surface area contributed by atoms with Crippen molar-refractivity contribution in [3.63, 3.8) is 0 Å². The predicted molar refractivity (Wildman–Crippen MR) is 135 cm³/mol. The Kier molecular flexibility index (Phi) is 59.2. The molecule has 0 saturated carbocycles. The van der Waals surface area contributed by atoms with Gasteiger partial charge < -0.3 is 0 Å². The van der Waals surface area contributed by atoms with Crippen LogP contribution in [0.2, 0.25) is 0 Å². The van der Waals surface area contributed by atoms with Crippen LogP contribution in [0.3, 0.4) is 0 Å². The monoisotopic (exact) mass is 392 g/mol. The second-order valence-corrected chi connectivity index (χ2v) is 4.30. The molecular formula is C26H52N2. The zero-order valence-electron chi connectivity index (χ0n) is 21.2. The lowest BCUT2D eigenvalue weighted by atomic mass is 10.4. The predicted octanol–water partition coefficient (Wildman–Crippen LogP) is 8.28. The van der Waals surface area contributed by atoms with Crippen molar-refractivity contribution < 1.29 is 0 Å². The van der Waals surface area contributed by atoms with E-state index < -0.39 is 0 Å². The summed E-state index contributed by atoms with van der Waals surface area (Å²) in [4.78, 5) is 4.50.